The number of carboxylic acids is 1. The van der Waals surface area contributed by atoms with Crippen LogP contribution in [0.25, 0.3) is 0 Å². The highest BCUT2D eigenvalue weighted by Crippen LogP contribution is 2.28. The van der Waals surface area contributed by atoms with Crippen LogP contribution in [0.15, 0.2) is 5.38 Å². The van der Waals surface area contributed by atoms with Gasteiger partial charge in [-0.05, 0) is 20.3 Å². The third-order valence-corrected chi connectivity index (χ3v) is 4.05. The van der Waals surface area contributed by atoms with Crippen molar-refractivity contribution >= 4 is 28.3 Å². The molecule has 1 atom stereocenters. The number of anilines is 1. The van der Waals surface area contributed by atoms with Crippen molar-refractivity contribution in [2.24, 2.45) is 0 Å². The van der Waals surface area contributed by atoms with Crippen LogP contribution in [0.2, 0.25) is 0 Å². The smallest absolute Gasteiger partial charge is 0.315 e. The van der Waals surface area contributed by atoms with Crippen molar-refractivity contribution in [2.45, 2.75) is 38.1 Å². The number of nitrogens with one attached hydrogen (secondary N) is 2. The Morgan fingerprint density at radius 3 is 2.95 bits per heavy atom. The van der Waals surface area contributed by atoms with Crippen LogP contribution in [-0.2, 0) is 15.0 Å². The normalized spacial score (nSPS) is 19.9. The van der Waals surface area contributed by atoms with Crippen LogP contribution in [0.1, 0.15) is 32.4 Å². The largest absolute Gasteiger partial charge is 0.481 e. The second-order valence-corrected chi connectivity index (χ2v) is 6.01. The van der Waals surface area contributed by atoms with Gasteiger partial charge in [-0.2, -0.15) is 0 Å². The third kappa shape index (κ3) is 3.04. The first kappa shape index (κ1) is 13.8. The Kier molecular flexibility index (Phi) is 3.75. The molecule has 1 unspecified atom stereocenters. The number of aromatic nitrogens is 1. The molecule has 1 amide bonds. The van der Waals surface area contributed by atoms with Crippen LogP contribution in [0, 0.1) is 0 Å². The minimum Gasteiger partial charge on any atom is -0.481 e. The second-order valence-electron chi connectivity index (χ2n) is 5.15. The SMILES string of the molecule is CC(C)(C(=O)O)c1csc(NC2CCC(=O)NC2)n1. The Morgan fingerprint density at radius 2 is 2.37 bits per heavy atom. The van der Waals surface area contributed by atoms with Crippen molar-refractivity contribution in [2.75, 3.05) is 11.9 Å². The average Bonchev–Trinajstić information content (AvgIpc) is 2.81. The van der Waals surface area contributed by atoms with Crippen LogP contribution in [0.4, 0.5) is 5.13 Å². The van der Waals surface area contributed by atoms with Crippen molar-refractivity contribution in [3.05, 3.63) is 11.1 Å². The van der Waals surface area contributed by atoms with Crippen LogP contribution < -0.4 is 10.6 Å². The van der Waals surface area contributed by atoms with Gasteiger partial charge in [-0.15, -0.1) is 11.3 Å². The van der Waals surface area contributed by atoms with Crippen molar-refractivity contribution in [3.8, 4) is 0 Å². The maximum Gasteiger partial charge on any atom is 0.315 e. The van der Waals surface area contributed by atoms with E-state index in [2.05, 4.69) is 15.6 Å². The highest BCUT2D eigenvalue weighted by atomic mass is 32.1. The summed E-state index contributed by atoms with van der Waals surface area (Å²) in [6.45, 7) is 3.85. The number of carbonyl (C=O) groups is 2. The van der Waals surface area contributed by atoms with Crippen molar-refractivity contribution in [1.29, 1.82) is 0 Å². The molecule has 1 aromatic heterocycles. The lowest BCUT2D eigenvalue weighted by Gasteiger charge is -2.23. The summed E-state index contributed by atoms with van der Waals surface area (Å²) in [5.41, 5.74) is -0.440. The molecule has 0 aliphatic carbocycles. The molecule has 2 heterocycles. The first-order chi connectivity index (χ1) is 8.89. The molecule has 0 radical (unpaired) electrons. The van der Waals surface area contributed by atoms with Gasteiger partial charge in [-0.25, -0.2) is 4.98 Å². The topological polar surface area (TPSA) is 91.3 Å². The maximum atomic E-state index is 11.2. The summed E-state index contributed by atoms with van der Waals surface area (Å²) in [5.74, 6) is -0.820. The number of carbonyl (C=O) groups excluding carboxylic acids is 1. The first-order valence-corrected chi connectivity index (χ1v) is 7.00. The second kappa shape index (κ2) is 5.16. The molecular formula is C12H17N3O3S. The predicted octanol–water partition coefficient (Wildman–Crippen LogP) is 1.20. The van der Waals surface area contributed by atoms with Gasteiger partial charge in [0, 0.05) is 24.4 Å². The van der Waals surface area contributed by atoms with Gasteiger partial charge >= 0.3 is 5.97 Å². The number of hydrogen-bond donors (Lipinski definition) is 3. The summed E-state index contributed by atoms with van der Waals surface area (Å²) in [7, 11) is 0. The van der Waals surface area contributed by atoms with E-state index >= 15 is 0 Å². The molecule has 1 aliphatic rings. The quantitative estimate of drug-likeness (QED) is 0.772. The molecule has 7 heteroatoms. The lowest BCUT2D eigenvalue weighted by molar-refractivity contribution is -0.142. The van der Waals surface area contributed by atoms with Crippen molar-refractivity contribution in [1.82, 2.24) is 10.3 Å². The van der Waals surface area contributed by atoms with Crippen LogP contribution in [0.3, 0.4) is 0 Å². The standard InChI is InChI=1S/C12H17N3O3S/c1-12(2,10(17)18)8-6-19-11(15-8)14-7-3-4-9(16)13-5-7/h6-7H,3-5H2,1-2H3,(H,13,16)(H,14,15)(H,17,18). The fourth-order valence-electron chi connectivity index (χ4n) is 1.77. The number of thiazole rings is 1. The number of nitrogens with zero attached hydrogens (tertiary/aromatic N) is 1. The molecule has 1 aliphatic heterocycles. The third-order valence-electron chi connectivity index (χ3n) is 3.27. The number of aliphatic carboxylic acids is 1. The molecule has 1 saturated heterocycles. The fraction of sp³-hybridized carbons (Fsp3) is 0.583. The molecular weight excluding hydrogens is 266 g/mol. The van der Waals surface area contributed by atoms with Gasteiger partial charge in [0.1, 0.15) is 5.41 Å². The summed E-state index contributed by atoms with van der Waals surface area (Å²) in [6, 6.07) is 0.157. The van der Waals surface area contributed by atoms with E-state index in [1.807, 2.05) is 0 Å². The van der Waals surface area contributed by atoms with Gasteiger partial charge in [0.15, 0.2) is 5.13 Å². The molecule has 0 spiro atoms. The zero-order valence-electron chi connectivity index (χ0n) is 10.9. The van der Waals surface area contributed by atoms with Crippen LogP contribution >= 0.6 is 11.3 Å². The lowest BCUT2D eigenvalue weighted by Crippen LogP contribution is -2.41. The molecule has 19 heavy (non-hydrogen) atoms. The first-order valence-electron chi connectivity index (χ1n) is 6.12. The van der Waals surface area contributed by atoms with Crippen molar-refractivity contribution < 1.29 is 14.7 Å². The van der Waals surface area contributed by atoms with Crippen LogP contribution in [-0.4, -0.2) is 34.6 Å². The Balaban J connectivity index is 2.02. The summed E-state index contributed by atoms with van der Waals surface area (Å²) in [5, 5.41) is 17.6. The molecule has 1 fully saturated rings. The molecule has 1 aromatic rings. The lowest BCUT2D eigenvalue weighted by atomic mass is 9.90. The minimum atomic E-state index is -0.989. The molecule has 0 saturated carbocycles. The minimum absolute atomic E-state index is 0.0740. The van der Waals surface area contributed by atoms with Crippen molar-refractivity contribution in [3.63, 3.8) is 0 Å². The molecule has 0 bridgehead atoms. The zero-order chi connectivity index (χ0) is 14.0. The Labute approximate surface area is 115 Å². The molecule has 2 rings (SSSR count). The Bertz CT molecular complexity index is 488. The molecule has 104 valence electrons. The van der Waals surface area contributed by atoms with Gasteiger partial charge in [-0.3, -0.25) is 9.59 Å². The number of carboxylic acid groups (broad SMARTS) is 1. The maximum absolute atomic E-state index is 11.2. The van der Waals surface area contributed by atoms with E-state index in [0.29, 0.717) is 23.8 Å². The monoisotopic (exact) mass is 283 g/mol. The predicted molar refractivity (Wildman–Crippen MR) is 72.4 cm³/mol. The van der Waals surface area contributed by atoms with Gasteiger partial charge in [0.05, 0.1) is 5.69 Å². The van der Waals surface area contributed by atoms with Gasteiger partial charge < -0.3 is 15.7 Å². The van der Waals surface area contributed by atoms with Gasteiger partial charge in [0.25, 0.3) is 0 Å². The number of piperidine rings is 1. The summed E-state index contributed by atoms with van der Waals surface area (Å²) in [4.78, 5) is 26.5. The fourth-order valence-corrected chi connectivity index (χ4v) is 2.72. The van der Waals surface area contributed by atoms with E-state index < -0.39 is 11.4 Å². The average molecular weight is 283 g/mol. The summed E-state index contributed by atoms with van der Waals surface area (Å²) in [6.07, 6.45) is 1.28. The molecule has 6 nitrogen and oxygen atoms in total. The Hall–Kier alpha value is -1.63. The highest BCUT2D eigenvalue weighted by molar-refractivity contribution is 7.13. The summed E-state index contributed by atoms with van der Waals surface area (Å²) < 4.78 is 0. The number of hydrogen-bond acceptors (Lipinski definition) is 5. The van der Waals surface area contributed by atoms with E-state index in [1.165, 1.54) is 11.3 Å². The van der Waals surface area contributed by atoms with E-state index in [-0.39, 0.29) is 11.9 Å². The highest BCUT2D eigenvalue weighted by Gasteiger charge is 2.32. The Morgan fingerprint density at radius 1 is 1.63 bits per heavy atom. The van der Waals surface area contributed by atoms with E-state index in [0.717, 1.165) is 6.42 Å². The summed E-state index contributed by atoms with van der Waals surface area (Å²) >= 11 is 1.39. The number of amides is 1. The number of rotatable bonds is 4. The van der Waals surface area contributed by atoms with Gasteiger partial charge in [-0.1, -0.05) is 0 Å². The molecule has 3 N–H and O–H groups in total. The van der Waals surface area contributed by atoms with Crippen LogP contribution in [0.5, 0.6) is 0 Å². The van der Waals surface area contributed by atoms with E-state index in [1.54, 1.807) is 19.2 Å². The zero-order valence-corrected chi connectivity index (χ0v) is 11.7. The van der Waals surface area contributed by atoms with E-state index in [9.17, 15) is 9.59 Å². The van der Waals surface area contributed by atoms with Gasteiger partial charge in [0.2, 0.25) is 5.91 Å². The van der Waals surface area contributed by atoms with E-state index in [4.69, 9.17) is 5.11 Å². The molecule has 0 aromatic carbocycles.